The number of guanidine groups is 1. The van der Waals surface area contributed by atoms with E-state index in [1.807, 2.05) is 37.2 Å². The largest absolute Gasteiger partial charge is 0.493 e. The summed E-state index contributed by atoms with van der Waals surface area (Å²) in [4.78, 5) is 11.4. The van der Waals surface area contributed by atoms with E-state index in [9.17, 15) is 0 Å². The van der Waals surface area contributed by atoms with Gasteiger partial charge in [-0.05, 0) is 56.4 Å². The molecule has 0 spiro atoms. The molecule has 29 heavy (non-hydrogen) atoms. The number of nitrogens with one attached hydrogen (secondary N) is 2. The normalized spacial score (nSPS) is 13.9. The second-order valence-electron chi connectivity index (χ2n) is 7.80. The quantitative estimate of drug-likeness (QED) is 0.503. The number of aromatic nitrogens is 1. The summed E-state index contributed by atoms with van der Waals surface area (Å²) < 4.78 is 6.07. The Morgan fingerprint density at radius 2 is 2.03 bits per heavy atom. The minimum absolute atomic E-state index is 0.570. The predicted octanol–water partition coefficient (Wildman–Crippen LogP) is 3.50. The van der Waals surface area contributed by atoms with Crippen molar-refractivity contribution in [3.63, 3.8) is 0 Å². The highest BCUT2D eigenvalue weighted by Gasteiger charge is 2.22. The minimum Gasteiger partial charge on any atom is -0.493 e. The van der Waals surface area contributed by atoms with Crippen LogP contribution in [0.25, 0.3) is 0 Å². The molecule has 0 amide bonds. The van der Waals surface area contributed by atoms with Gasteiger partial charge < -0.3 is 20.3 Å². The van der Waals surface area contributed by atoms with Crippen LogP contribution in [0.15, 0.2) is 41.4 Å². The molecule has 2 N–H and O–H groups in total. The average Bonchev–Trinajstić information content (AvgIpc) is 3.54. The van der Waals surface area contributed by atoms with Gasteiger partial charge in [0.2, 0.25) is 0 Å². The second-order valence-corrected chi connectivity index (χ2v) is 7.80. The molecule has 0 unspecified atom stereocenters. The number of pyridine rings is 1. The first-order valence-electron chi connectivity index (χ1n) is 10.4. The maximum atomic E-state index is 6.07. The van der Waals surface area contributed by atoms with Crippen LogP contribution in [0.1, 0.15) is 36.6 Å². The Hall–Kier alpha value is -2.76. The van der Waals surface area contributed by atoms with E-state index in [1.165, 1.54) is 18.4 Å². The molecule has 0 bridgehead atoms. The molecule has 2 aromatic rings. The molecule has 0 aliphatic heterocycles. The number of hydrogen-bond donors (Lipinski definition) is 2. The van der Waals surface area contributed by atoms with Crippen molar-refractivity contribution in [2.24, 2.45) is 10.9 Å². The Balaban J connectivity index is 1.65. The van der Waals surface area contributed by atoms with Crippen LogP contribution in [0.5, 0.6) is 5.75 Å². The van der Waals surface area contributed by atoms with Crippen LogP contribution in [0.4, 0.5) is 5.82 Å². The molecule has 6 heteroatoms. The lowest BCUT2D eigenvalue weighted by atomic mass is 10.1. The standard InChI is InChI=1S/C23H33N5O/c1-5-24-23(26-15-20-7-6-8-22(27-20)28(3)4)25-14-19-12-9-17(2)13-21(19)29-16-18-10-11-18/h6-9,12-13,18H,5,10-11,14-16H2,1-4H3,(H2,24,25,26). The van der Waals surface area contributed by atoms with Gasteiger partial charge in [-0.25, -0.2) is 9.98 Å². The molecule has 1 aliphatic carbocycles. The third-order valence-corrected chi connectivity index (χ3v) is 4.83. The molecule has 1 aliphatic rings. The molecule has 1 fully saturated rings. The number of ether oxygens (including phenoxy) is 1. The van der Waals surface area contributed by atoms with Crippen molar-refractivity contribution < 1.29 is 4.74 Å². The number of nitrogens with zero attached hydrogens (tertiary/aromatic N) is 3. The zero-order valence-corrected chi connectivity index (χ0v) is 18.0. The van der Waals surface area contributed by atoms with Crippen molar-refractivity contribution in [2.45, 2.75) is 39.8 Å². The topological polar surface area (TPSA) is 61.8 Å². The highest BCUT2D eigenvalue weighted by molar-refractivity contribution is 5.79. The molecular formula is C23H33N5O. The van der Waals surface area contributed by atoms with Gasteiger partial charge in [-0.3, -0.25) is 0 Å². The van der Waals surface area contributed by atoms with E-state index in [2.05, 4.69) is 47.7 Å². The van der Waals surface area contributed by atoms with Gasteiger partial charge >= 0.3 is 0 Å². The number of aryl methyl sites for hydroxylation is 1. The van der Waals surface area contributed by atoms with E-state index in [0.717, 1.165) is 47.9 Å². The van der Waals surface area contributed by atoms with Crippen LogP contribution < -0.4 is 20.3 Å². The lowest BCUT2D eigenvalue weighted by molar-refractivity contribution is 0.296. The number of rotatable bonds is 9. The molecule has 0 atom stereocenters. The van der Waals surface area contributed by atoms with Gasteiger partial charge in [0.15, 0.2) is 5.96 Å². The van der Waals surface area contributed by atoms with Crippen LogP contribution in [0, 0.1) is 12.8 Å². The van der Waals surface area contributed by atoms with Gasteiger partial charge in [-0.1, -0.05) is 18.2 Å². The number of benzene rings is 1. The van der Waals surface area contributed by atoms with E-state index in [1.54, 1.807) is 0 Å². The van der Waals surface area contributed by atoms with E-state index in [0.29, 0.717) is 13.1 Å². The van der Waals surface area contributed by atoms with Crippen molar-refractivity contribution in [3.05, 3.63) is 53.2 Å². The molecule has 1 aromatic carbocycles. The zero-order valence-electron chi connectivity index (χ0n) is 18.0. The minimum atomic E-state index is 0.570. The third kappa shape index (κ3) is 6.66. The lowest BCUT2D eigenvalue weighted by Crippen LogP contribution is -2.37. The van der Waals surface area contributed by atoms with Gasteiger partial charge in [0.25, 0.3) is 0 Å². The first-order chi connectivity index (χ1) is 14.0. The average molecular weight is 396 g/mol. The fourth-order valence-electron chi connectivity index (χ4n) is 2.91. The summed E-state index contributed by atoms with van der Waals surface area (Å²) in [7, 11) is 3.99. The molecule has 0 saturated heterocycles. The van der Waals surface area contributed by atoms with Gasteiger partial charge in [-0.15, -0.1) is 0 Å². The van der Waals surface area contributed by atoms with Crippen molar-refractivity contribution in [3.8, 4) is 5.75 Å². The smallest absolute Gasteiger partial charge is 0.191 e. The zero-order chi connectivity index (χ0) is 20.6. The van der Waals surface area contributed by atoms with E-state index < -0.39 is 0 Å². The molecule has 156 valence electrons. The molecule has 1 saturated carbocycles. The van der Waals surface area contributed by atoms with Crippen LogP contribution >= 0.6 is 0 Å². The summed E-state index contributed by atoms with van der Waals surface area (Å²) >= 11 is 0. The summed E-state index contributed by atoms with van der Waals surface area (Å²) in [5.74, 6) is 3.41. The van der Waals surface area contributed by atoms with E-state index in [4.69, 9.17) is 9.73 Å². The van der Waals surface area contributed by atoms with Crippen LogP contribution in [-0.2, 0) is 13.1 Å². The molecule has 1 aromatic heterocycles. The van der Waals surface area contributed by atoms with Crippen molar-refractivity contribution in [1.82, 2.24) is 15.6 Å². The monoisotopic (exact) mass is 395 g/mol. The summed E-state index contributed by atoms with van der Waals surface area (Å²) in [6.07, 6.45) is 2.58. The number of hydrogen-bond acceptors (Lipinski definition) is 4. The van der Waals surface area contributed by atoms with Gasteiger partial charge in [0.1, 0.15) is 11.6 Å². The van der Waals surface area contributed by atoms with Gasteiger partial charge in [0, 0.05) is 26.2 Å². The second kappa shape index (κ2) is 10.1. The van der Waals surface area contributed by atoms with E-state index >= 15 is 0 Å². The predicted molar refractivity (Wildman–Crippen MR) is 120 cm³/mol. The molecule has 3 rings (SSSR count). The Kier molecular flexibility index (Phi) is 7.33. The number of anilines is 1. The first-order valence-corrected chi connectivity index (χ1v) is 10.4. The van der Waals surface area contributed by atoms with Gasteiger partial charge in [0.05, 0.1) is 25.4 Å². The summed E-state index contributed by atoms with van der Waals surface area (Å²) in [6.45, 7) is 6.96. The summed E-state index contributed by atoms with van der Waals surface area (Å²) in [6, 6.07) is 12.4. The van der Waals surface area contributed by atoms with Gasteiger partial charge in [-0.2, -0.15) is 0 Å². The van der Waals surface area contributed by atoms with E-state index in [-0.39, 0.29) is 0 Å². The molecule has 6 nitrogen and oxygen atoms in total. The Morgan fingerprint density at radius 1 is 1.21 bits per heavy atom. The first kappa shape index (κ1) is 21.0. The maximum absolute atomic E-state index is 6.07. The Labute approximate surface area is 174 Å². The van der Waals surface area contributed by atoms with Crippen LogP contribution in [0.2, 0.25) is 0 Å². The molecule has 0 radical (unpaired) electrons. The SMILES string of the molecule is CCNC(=NCc1ccc(C)cc1OCC1CC1)NCc1cccc(N(C)C)n1. The van der Waals surface area contributed by atoms with Crippen LogP contribution in [-0.4, -0.2) is 38.2 Å². The third-order valence-electron chi connectivity index (χ3n) is 4.83. The Bertz CT molecular complexity index is 830. The summed E-state index contributed by atoms with van der Waals surface area (Å²) in [5.41, 5.74) is 3.30. The van der Waals surface area contributed by atoms with Crippen molar-refractivity contribution in [1.29, 1.82) is 0 Å². The maximum Gasteiger partial charge on any atom is 0.191 e. The highest BCUT2D eigenvalue weighted by Crippen LogP contribution is 2.30. The fourth-order valence-corrected chi connectivity index (χ4v) is 2.91. The summed E-state index contributed by atoms with van der Waals surface area (Å²) in [5, 5.41) is 6.69. The fraction of sp³-hybridized carbons (Fsp3) is 0.478. The van der Waals surface area contributed by atoms with Crippen molar-refractivity contribution in [2.75, 3.05) is 32.1 Å². The lowest BCUT2D eigenvalue weighted by Gasteiger charge is -2.15. The highest BCUT2D eigenvalue weighted by atomic mass is 16.5. The van der Waals surface area contributed by atoms with Crippen LogP contribution in [0.3, 0.4) is 0 Å². The Morgan fingerprint density at radius 3 is 2.76 bits per heavy atom. The molecular weight excluding hydrogens is 362 g/mol. The van der Waals surface area contributed by atoms with Crippen molar-refractivity contribution >= 4 is 11.8 Å². The molecule has 1 heterocycles. The number of aliphatic imine (C=N–C) groups is 1.